The Kier molecular flexibility index (Phi) is 6.49. The Morgan fingerprint density at radius 1 is 1.37 bits per heavy atom. The molecule has 1 rings (SSSR count). The number of carbonyl (C=O) groups is 1. The third-order valence-corrected chi connectivity index (χ3v) is 4.52. The molecule has 1 aromatic carbocycles. The Morgan fingerprint density at radius 2 is 2.00 bits per heavy atom. The van der Waals surface area contributed by atoms with Crippen LogP contribution in [0.3, 0.4) is 0 Å². The van der Waals surface area contributed by atoms with Gasteiger partial charge in [0.2, 0.25) is 0 Å². The summed E-state index contributed by atoms with van der Waals surface area (Å²) < 4.78 is 13.4. The molecule has 19 heavy (non-hydrogen) atoms. The minimum Gasteiger partial charge on any atom is -0.351 e. The van der Waals surface area contributed by atoms with Crippen LogP contribution in [0.15, 0.2) is 18.2 Å². The molecule has 106 valence electrons. The molecule has 0 bridgehead atoms. The van der Waals surface area contributed by atoms with Crippen molar-refractivity contribution >= 4 is 21.8 Å². The standard InChI is InChI=1S/C15H21BrFNO/c1-4-11(5-2)13(16)9-18-15(19)12-7-6-10(3)14(17)8-12/h6-8,11,13H,4-5,9H2,1-3H3,(H,18,19). The van der Waals surface area contributed by atoms with Gasteiger partial charge in [-0.1, -0.05) is 48.7 Å². The van der Waals surface area contributed by atoms with Crippen molar-refractivity contribution in [1.82, 2.24) is 5.32 Å². The predicted molar refractivity (Wildman–Crippen MR) is 80.3 cm³/mol. The van der Waals surface area contributed by atoms with Crippen molar-refractivity contribution in [2.24, 2.45) is 5.92 Å². The van der Waals surface area contributed by atoms with Crippen molar-refractivity contribution < 1.29 is 9.18 Å². The molecular formula is C15H21BrFNO. The van der Waals surface area contributed by atoms with Gasteiger partial charge >= 0.3 is 0 Å². The summed E-state index contributed by atoms with van der Waals surface area (Å²) in [6.45, 7) is 6.51. The first kappa shape index (κ1) is 16.2. The molecule has 0 saturated carbocycles. The van der Waals surface area contributed by atoms with Gasteiger partial charge in [0.05, 0.1) is 0 Å². The molecule has 0 saturated heterocycles. The maximum Gasteiger partial charge on any atom is 0.251 e. The number of carbonyl (C=O) groups excluding carboxylic acids is 1. The van der Waals surface area contributed by atoms with E-state index in [4.69, 9.17) is 0 Å². The van der Waals surface area contributed by atoms with Crippen molar-refractivity contribution in [2.45, 2.75) is 38.4 Å². The first-order valence-electron chi connectivity index (χ1n) is 6.68. The van der Waals surface area contributed by atoms with Crippen molar-refractivity contribution in [1.29, 1.82) is 0 Å². The maximum atomic E-state index is 13.4. The third-order valence-electron chi connectivity index (χ3n) is 3.45. The molecule has 0 spiro atoms. The SMILES string of the molecule is CCC(CC)C(Br)CNC(=O)c1ccc(C)c(F)c1. The van der Waals surface area contributed by atoms with E-state index in [1.54, 1.807) is 19.1 Å². The zero-order valence-corrected chi connectivity index (χ0v) is 13.3. The van der Waals surface area contributed by atoms with E-state index in [0.717, 1.165) is 12.8 Å². The molecule has 1 unspecified atom stereocenters. The Morgan fingerprint density at radius 3 is 2.53 bits per heavy atom. The normalized spacial score (nSPS) is 12.5. The molecule has 0 aliphatic heterocycles. The van der Waals surface area contributed by atoms with Gasteiger partial charge in [0, 0.05) is 16.9 Å². The smallest absolute Gasteiger partial charge is 0.251 e. The lowest BCUT2D eigenvalue weighted by molar-refractivity contribution is 0.0951. The molecular weight excluding hydrogens is 309 g/mol. The molecule has 4 heteroatoms. The van der Waals surface area contributed by atoms with E-state index in [-0.39, 0.29) is 16.6 Å². The lowest BCUT2D eigenvalue weighted by Crippen LogP contribution is -2.33. The molecule has 0 fully saturated rings. The molecule has 1 amide bonds. The monoisotopic (exact) mass is 329 g/mol. The van der Waals surface area contributed by atoms with Crippen LogP contribution < -0.4 is 5.32 Å². The fourth-order valence-corrected chi connectivity index (χ4v) is 2.90. The number of amides is 1. The zero-order chi connectivity index (χ0) is 14.4. The topological polar surface area (TPSA) is 29.1 Å². The highest BCUT2D eigenvalue weighted by Gasteiger charge is 2.16. The first-order chi connectivity index (χ1) is 8.99. The second-order valence-corrected chi connectivity index (χ2v) is 5.94. The van der Waals surface area contributed by atoms with Gasteiger partial charge < -0.3 is 5.32 Å². The lowest BCUT2D eigenvalue weighted by atomic mass is 9.99. The highest BCUT2D eigenvalue weighted by Crippen LogP contribution is 2.19. The van der Waals surface area contributed by atoms with Gasteiger partial charge in [-0.2, -0.15) is 0 Å². The molecule has 1 aromatic rings. The average Bonchev–Trinajstić information content (AvgIpc) is 2.40. The number of nitrogens with one attached hydrogen (secondary N) is 1. The lowest BCUT2D eigenvalue weighted by Gasteiger charge is -2.19. The van der Waals surface area contributed by atoms with E-state index in [1.165, 1.54) is 6.07 Å². The van der Waals surface area contributed by atoms with Gasteiger partial charge in [-0.3, -0.25) is 4.79 Å². The highest BCUT2D eigenvalue weighted by atomic mass is 79.9. The average molecular weight is 330 g/mol. The number of rotatable bonds is 6. The Labute approximate surface area is 122 Å². The van der Waals surface area contributed by atoms with Gasteiger partial charge in [0.1, 0.15) is 5.82 Å². The van der Waals surface area contributed by atoms with E-state index in [0.29, 0.717) is 23.6 Å². The summed E-state index contributed by atoms with van der Waals surface area (Å²) in [5.74, 6) is -0.0348. The number of halogens is 2. The van der Waals surface area contributed by atoms with Crippen LogP contribution in [0.4, 0.5) is 4.39 Å². The van der Waals surface area contributed by atoms with Crippen molar-refractivity contribution in [2.75, 3.05) is 6.54 Å². The Hall–Kier alpha value is -0.900. The van der Waals surface area contributed by atoms with Gasteiger partial charge in [-0.15, -0.1) is 0 Å². The van der Waals surface area contributed by atoms with Crippen LogP contribution in [0, 0.1) is 18.7 Å². The largest absolute Gasteiger partial charge is 0.351 e. The first-order valence-corrected chi connectivity index (χ1v) is 7.59. The minimum atomic E-state index is -0.344. The number of aryl methyl sites for hydroxylation is 1. The minimum absolute atomic E-state index is 0.227. The van der Waals surface area contributed by atoms with Crippen molar-refractivity contribution in [3.63, 3.8) is 0 Å². The van der Waals surface area contributed by atoms with Gasteiger partial charge in [-0.05, 0) is 30.5 Å². The Balaban J connectivity index is 2.58. The Bertz CT molecular complexity index is 432. The van der Waals surface area contributed by atoms with Crippen LogP contribution >= 0.6 is 15.9 Å². The summed E-state index contributed by atoms with van der Waals surface area (Å²) in [4.78, 5) is 12.2. The molecule has 1 N–H and O–H groups in total. The van der Waals surface area contributed by atoms with Crippen LogP contribution in [-0.2, 0) is 0 Å². The molecule has 0 radical (unpaired) electrons. The predicted octanol–water partition coefficient (Wildman–Crippen LogP) is 4.06. The summed E-state index contributed by atoms with van der Waals surface area (Å²) >= 11 is 3.60. The summed E-state index contributed by atoms with van der Waals surface area (Å²) in [6.07, 6.45) is 2.14. The van der Waals surface area contributed by atoms with Gasteiger partial charge in [-0.25, -0.2) is 4.39 Å². The molecule has 0 aromatic heterocycles. The van der Waals surface area contributed by atoms with E-state index in [1.807, 2.05) is 0 Å². The molecule has 0 aliphatic rings. The maximum absolute atomic E-state index is 13.4. The third kappa shape index (κ3) is 4.60. The quantitative estimate of drug-likeness (QED) is 0.783. The molecule has 0 heterocycles. The van der Waals surface area contributed by atoms with Crippen LogP contribution in [0.1, 0.15) is 42.6 Å². The van der Waals surface area contributed by atoms with Crippen LogP contribution in [0.2, 0.25) is 0 Å². The van der Waals surface area contributed by atoms with E-state index < -0.39 is 0 Å². The number of hydrogen-bond acceptors (Lipinski definition) is 1. The van der Waals surface area contributed by atoms with E-state index >= 15 is 0 Å². The van der Waals surface area contributed by atoms with Gasteiger partial charge in [0.15, 0.2) is 0 Å². The summed E-state index contributed by atoms with van der Waals surface area (Å²) in [5.41, 5.74) is 0.916. The molecule has 1 atom stereocenters. The zero-order valence-electron chi connectivity index (χ0n) is 11.7. The fraction of sp³-hybridized carbons (Fsp3) is 0.533. The summed E-state index contributed by atoms with van der Waals surface area (Å²) in [7, 11) is 0. The van der Waals surface area contributed by atoms with Gasteiger partial charge in [0.25, 0.3) is 5.91 Å². The molecule has 2 nitrogen and oxygen atoms in total. The molecule has 0 aliphatic carbocycles. The number of benzene rings is 1. The number of hydrogen-bond donors (Lipinski definition) is 1. The van der Waals surface area contributed by atoms with Crippen molar-refractivity contribution in [3.8, 4) is 0 Å². The summed E-state index contributed by atoms with van der Waals surface area (Å²) in [5, 5.41) is 2.84. The van der Waals surface area contributed by atoms with E-state index in [9.17, 15) is 9.18 Å². The highest BCUT2D eigenvalue weighted by molar-refractivity contribution is 9.09. The van der Waals surface area contributed by atoms with Crippen LogP contribution in [0.25, 0.3) is 0 Å². The second-order valence-electron chi connectivity index (χ2n) is 4.77. The van der Waals surface area contributed by atoms with Crippen LogP contribution in [0.5, 0.6) is 0 Å². The van der Waals surface area contributed by atoms with Crippen LogP contribution in [-0.4, -0.2) is 17.3 Å². The van der Waals surface area contributed by atoms with Crippen molar-refractivity contribution in [3.05, 3.63) is 35.1 Å². The van der Waals surface area contributed by atoms with E-state index in [2.05, 4.69) is 35.1 Å². The summed E-state index contributed by atoms with van der Waals surface area (Å²) in [6, 6.07) is 4.55. The number of alkyl halides is 1. The second kappa shape index (κ2) is 7.63. The fourth-order valence-electron chi connectivity index (χ4n) is 1.99.